The van der Waals surface area contributed by atoms with E-state index in [9.17, 15) is 4.79 Å². The molecule has 0 amide bonds. The molecule has 2 rings (SSSR count). The number of Topliss-reactive ketones (excluding diaryl/α,β-unsaturated/α-hetero) is 1. The average molecular weight is 289 g/mol. The highest BCUT2D eigenvalue weighted by Crippen LogP contribution is 2.21. The molecular weight excluding hydrogens is 272 g/mol. The molecule has 0 saturated carbocycles. The smallest absolute Gasteiger partial charge is 0.167 e. The lowest BCUT2D eigenvalue weighted by Crippen LogP contribution is -2.04. The molecule has 0 bridgehead atoms. The fourth-order valence-electron chi connectivity index (χ4n) is 2.00. The highest BCUT2D eigenvalue weighted by molar-refractivity contribution is 6.31. The van der Waals surface area contributed by atoms with E-state index in [0.717, 1.165) is 11.1 Å². The van der Waals surface area contributed by atoms with Crippen LogP contribution in [-0.2, 0) is 6.42 Å². The monoisotopic (exact) mass is 288 g/mol. The van der Waals surface area contributed by atoms with Crippen LogP contribution in [0.3, 0.4) is 0 Å². The SMILES string of the molecule is CCOc1cccc(C(=O)Cc2ccc(C)cc2Cl)c1. The van der Waals surface area contributed by atoms with Crippen molar-refractivity contribution >= 4 is 17.4 Å². The highest BCUT2D eigenvalue weighted by atomic mass is 35.5. The number of hydrogen-bond acceptors (Lipinski definition) is 2. The molecule has 0 aliphatic carbocycles. The van der Waals surface area contributed by atoms with Gasteiger partial charge < -0.3 is 4.74 Å². The van der Waals surface area contributed by atoms with Crippen molar-refractivity contribution in [2.75, 3.05) is 6.61 Å². The fourth-order valence-corrected chi connectivity index (χ4v) is 2.30. The van der Waals surface area contributed by atoms with Gasteiger partial charge in [0.25, 0.3) is 0 Å². The van der Waals surface area contributed by atoms with E-state index in [-0.39, 0.29) is 5.78 Å². The molecule has 2 aromatic rings. The van der Waals surface area contributed by atoms with Crippen LogP contribution in [0.1, 0.15) is 28.4 Å². The molecule has 104 valence electrons. The first-order valence-corrected chi connectivity index (χ1v) is 6.99. The lowest BCUT2D eigenvalue weighted by Gasteiger charge is -2.07. The van der Waals surface area contributed by atoms with Crippen LogP contribution < -0.4 is 4.74 Å². The van der Waals surface area contributed by atoms with Gasteiger partial charge >= 0.3 is 0 Å². The largest absolute Gasteiger partial charge is 0.494 e. The van der Waals surface area contributed by atoms with E-state index < -0.39 is 0 Å². The van der Waals surface area contributed by atoms with Crippen molar-refractivity contribution in [3.05, 3.63) is 64.2 Å². The summed E-state index contributed by atoms with van der Waals surface area (Å²) >= 11 is 6.17. The molecule has 0 atom stereocenters. The molecule has 0 aliphatic rings. The third-order valence-corrected chi connectivity index (χ3v) is 3.38. The first kappa shape index (κ1) is 14.6. The molecule has 0 spiro atoms. The fraction of sp³-hybridized carbons (Fsp3) is 0.235. The second-order valence-electron chi connectivity index (χ2n) is 4.66. The van der Waals surface area contributed by atoms with Crippen LogP contribution in [0, 0.1) is 6.92 Å². The Labute approximate surface area is 124 Å². The summed E-state index contributed by atoms with van der Waals surface area (Å²) in [7, 11) is 0. The topological polar surface area (TPSA) is 26.3 Å². The molecular formula is C17H17ClO2. The van der Waals surface area contributed by atoms with E-state index in [4.69, 9.17) is 16.3 Å². The van der Waals surface area contributed by atoms with E-state index in [1.165, 1.54) is 0 Å². The van der Waals surface area contributed by atoms with E-state index in [2.05, 4.69) is 0 Å². The number of ether oxygens (including phenoxy) is 1. The number of hydrogen-bond donors (Lipinski definition) is 0. The standard InChI is InChI=1S/C17H17ClO2/c1-3-20-15-6-4-5-14(10-15)17(19)11-13-8-7-12(2)9-16(13)18/h4-10H,3,11H2,1-2H3. The Hall–Kier alpha value is -1.80. The predicted octanol–water partition coefficient (Wildman–Crippen LogP) is 4.47. The minimum absolute atomic E-state index is 0.0392. The summed E-state index contributed by atoms with van der Waals surface area (Å²) in [5, 5.41) is 0.638. The normalized spacial score (nSPS) is 10.3. The van der Waals surface area contributed by atoms with Gasteiger partial charge in [-0.2, -0.15) is 0 Å². The zero-order chi connectivity index (χ0) is 14.5. The second-order valence-corrected chi connectivity index (χ2v) is 5.06. The van der Waals surface area contributed by atoms with Crippen LogP contribution in [0.4, 0.5) is 0 Å². The maximum atomic E-state index is 12.3. The maximum absolute atomic E-state index is 12.3. The van der Waals surface area contributed by atoms with Crippen molar-refractivity contribution in [1.29, 1.82) is 0 Å². The van der Waals surface area contributed by atoms with Gasteiger partial charge in [0.1, 0.15) is 5.75 Å². The third-order valence-electron chi connectivity index (χ3n) is 3.03. The highest BCUT2D eigenvalue weighted by Gasteiger charge is 2.10. The summed E-state index contributed by atoms with van der Waals surface area (Å²) in [5.41, 5.74) is 2.58. The number of rotatable bonds is 5. The van der Waals surface area contributed by atoms with Crippen LogP contribution in [-0.4, -0.2) is 12.4 Å². The average Bonchev–Trinajstić information content (AvgIpc) is 2.42. The van der Waals surface area contributed by atoms with Gasteiger partial charge in [-0.05, 0) is 43.2 Å². The third kappa shape index (κ3) is 3.61. The van der Waals surface area contributed by atoms with Crippen molar-refractivity contribution < 1.29 is 9.53 Å². The van der Waals surface area contributed by atoms with E-state index >= 15 is 0 Å². The Morgan fingerprint density at radius 1 is 1.20 bits per heavy atom. The summed E-state index contributed by atoms with van der Waals surface area (Å²) in [5.74, 6) is 0.755. The van der Waals surface area contributed by atoms with Gasteiger partial charge in [-0.3, -0.25) is 4.79 Å². The summed E-state index contributed by atoms with van der Waals surface area (Å²) < 4.78 is 5.41. The lowest BCUT2D eigenvalue weighted by atomic mass is 10.0. The Bertz CT molecular complexity index is 620. The minimum atomic E-state index is 0.0392. The molecule has 0 radical (unpaired) electrons. The van der Waals surface area contributed by atoms with Gasteiger partial charge in [-0.25, -0.2) is 0 Å². The molecule has 0 N–H and O–H groups in total. The Morgan fingerprint density at radius 3 is 2.70 bits per heavy atom. The first-order valence-electron chi connectivity index (χ1n) is 6.61. The Balaban J connectivity index is 2.17. The molecule has 0 fully saturated rings. The second kappa shape index (κ2) is 6.58. The van der Waals surface area contributed by atoms with Crippen molar-refractivity contribution in [3.63, 3.8) is 0 Å². The molecule has 0 saturated heterocycles. The molecule has 20 heavy (non-hydrogen) atoms. The van der Waals surface area contributed by atoms with Crippen LogP contribution in [0.25, 0.3) is 0 Å². The van der Waals surface area contributed by atoms with Crippen LogP contribution >= 0.6 is 11.6 Å². The number of carbonyl (C=O) groups is 1. The zero-order valence-electron chi connectivity index (χ0n) is 11.7. The summed E-state index contributed by atoms with van der Waals surface area (Å²) in [6, 6.07) is 13.0. The van der Waals surface area contributed by atoms with Gasteiger partial charge in [0, 0.05) is 17.0 Å². The molecule has 0 unspecified atom stereocenters. The van der Waals surface area contributed by atoms with E-state index in [1.807, 2.05) is 44.2 Å². The lowest BCUT2D eigenvalue weighted by molar-refractivity contribution is 0.0992. The van der Waals surface area contributed by atoms with Crippen LogP contribution in [0.2, 0.25) is 5.02 Å². The maximum Gasteiger partial charge on any atom is 0.167 e. The number of ketones is 1. The Morgan fingerprint density at radius 2 is 2.00 bits per heavy atom. The van der Waals surface area contributed by atoms with Crippen LogP contribution in [0.5, 0.6) is 5.75 Å². The van der Waals surface area contributed by atoms with Crippen molar-refractivity contribution in [1.82, 2.24) is 0 Å². The molecule has 2 nitrogen and oxygen atoms in total. The van der Waals surface area contributed by atoms with Crippen LogP contribution in [0.15, 0.2) is 42.5 Å². The van der Waals surface area contributed by atoms with E-state index in [1.54, 1.807) is 12.1 Å². The zero-order valence-corrected chi connectivity index (χ0v) is 12.4. The van der Waals surface area contributed by atoms with Gasteiger partial charge in [0.15, 0.2) is 5.78 Å². The van der Waals surface area contributed by atoms with Crippen molar-refractivity contribution in [2.24, 2.45) is 0 Å². The summed E-state index contributed by atoms with van der Waals surface area (Å²) in [6.07, 6.45) is 0.300. The number of halogens is 1. The van der Waals surface area contributed by atoms with E-state index in [0.29, 0.717) is 29.4 Å². The minimum Gasteiger partial charge on any atom is -0.494 e. The molecule has 0 heterocycles. The molecule has 3 heteroatoms. The number of carbonyl (C=O) groups excluding carboxylic acids is 1. The quantitative estimate of drug-likeness (QED) is 0.759. The Kier molecular flexibility index (Phi) is 4.80. The molecule has 2 aromatic carbocycles. The van der Waals surface area contributed by atoms with Gasteiger partial charge in [0.2, 0.25) is 0 Å². The summed E-state index contributed by atoms with van der Waals surface area (Å²) in [4.78, 5) is 12.3. The number of benzene rings is 2. The van der Waals surface area contributed by atoms with Crippen molar-refractivity contribution in [3.8, 4) is 5.75 Å². The number of aryl methyl sites for hydroxylation is 1. The molecule has 0 aliphatic heterocycles. The van der Waals surface area contributed by atoms with Crippen molar-refractivity contribution in [2.45, 2.75) is 20.3 Å². The first-order chi connectivity index (χ1) is 9.60. The van der Waals surface area contributed by atoms with Gasteiger partial charge in [0.05, 0.1) is 6.61 Å². The predicted molar refractivity (Wildman–Crippen MR) is 81.8 cm³/mol. The van der Waals surface area contributed by atoms with Gasteiger partial charge in [-0.15, -0.1) is 0 Å². The molecule has 0 aromatic heterocycles. The van der Waals surface area contributed by atoms with Gasteiger partial charge in [-0.1, -0.05) is 35.9 Å². The summed E-state index contributed by atoms with van der Waals surface area (Å²) in [6.45, 7) is 4.48.